The normalized spacial score (nSPS) is 10.6. The van der Waals surface area contributed by atoms with Crippen LogP contribution in [-0.2, 0) is 0 Å². The zero-order valence-electron chi connectivity index (χ0n) is 14.7. The van der Waals surface area contributed by atoms with E-state index in [1.807, 2.05) is 66.9 Å². The fourth-order valence-corrected chi connectivity index (χ4v) is 2.71. The average Bonchev–Trinajstić information content (AvgIpc) is 3.19. The summed E-state index contributed by atoms with van der Waals surface area (Å²) in [5, 5.41) is 4.52. The number of hydrogen-bond acceptors (Lipinski definition) is 3. The van der Waals surface area contributed by atoms with Crippen molar-refractivity contribution in [3.63, 3.8) is 0 Å². The Morgan fingerprint density at radius 2 is 1.48 bits per heavy atom. The Morgan fingerprint density at radius 1 is 0.815 bits per heavy atom. The van der Waals surface area contributed by atoms with Crippen LogP contribution in [0.4, 0.5) is 4.39 Å². The van der Waals surface area contributed by atoms with E-state index < -0.39 is 0 Å². The third kappa shape index (κ3) is 3.82. The molecule has 4 rings (SSSR count). The highest BCUT2D eigenvalue weighted by Crippen LogP contribution is 2.26. The fourth-order valence-electron chi connectivity index (χ4n) is 2.71. The van der Waals surface area contributed by atoms with Gasteiger partial charge in [-0.2, -0.15) is 5.10 Å². The van der Waals surface area contributed by atoms with Gasteiger partial charge in [0.25, 0.3) is 0 Å². The number of aromatic nitrogens is 2. The summed E-state index contributed by atoms with van der Waals surface area (Å²) in [5.41, 5.74) is 2.43. The Bertz CT molecular complexity index is 1040. The predicted molar refractivity (Wildman–Crippen MR) is 102 cm³/mol. The van der Waals surface area contributed by atoms with Crippen molar-refractivity contribution in [2.75, 3.05) is 7.11 Å². The smallest absolute Gasteiger partial charge is 0.127 e. The molecule has 5 heteroatoms. The number of nitrogens with zero attached hydrogens (tertiary/aromatic N) is 2. The van der Waals surface area contributed by atoms with E-state index in [4.69, 9.17) is 9.47 Å². The highest BCUT2D eigenvalue weighted by atomic mass is 19.1. The largest absolute Gasteiger partial charge is 0.497 e. The molecule has 0 aliphatic rings. The zero-order valence-corrected chi connectivity index (χ0v) is 14.7. The van der Waals surface area contributed by atoms with Crippen molar-refractivity contribution in [2.45, 2.75) is 0 Å². The minimum Gasteiger partial charge on any atom is -0.497 e. The molecule has 4 aromatic rings. The first-order chi connectivity index (χ1) is 13.2. The molecule has 0 spiro atoms. The van der Waals surface area contributed by atoms with Crippen LogP contribution in [0.2, 0.25) is 0 Å². The van der Waals surface area contributed by atoms with Crippen LogP contribution < -0.4 is 9.47 Å². The van der Waals surface area contributed by atoms with Gasteiger partial charge < -0.3 is 9.47 Å². The minimum atomic E-state index is -0.287. The molecule has 0 saturated heterocycles. The molecule has 0 unspecified atom stereocenters. The van der Waals surface area contributed by atoms with Gasteiger partial charge in [-0.1, -0.05) is 6.07 Å². The van der Waals surface area contributed by atoms with Crippen LogP contribution in [0.1, 0.15) is 0 Å². The van der Waals surface area contributed by atoms with Crippen LogP contribution in [0.5, 0.6) is 17.2 Å². The molecule has 0 aliphatic heterocycles. The molecule has 1 heterocycles. The molecule has 4 nitrogen and oxygen atoms in total. The Hall–Kier alpha value is -3.60. The lowest BCUT2D eigenvalue weighted by Crippen LogP contribution is -1.95. The van der Waals surface area contributed by atoms with E-state index in [0.29, 0.717) is 5.69 Å². The van der Waals surface area contributed by atoms with Gasteiger partial charge in [0.15, 0.2) is 0 Å². The third-order valence-corrected chi connectivity index (χ3v) is 4.11. The SMILES string of the molecule is COc1ccc(Oc2ccc(-c3ccn(-c4cccc(F)c4)n3)cc2)cc1. The van der Waals surface area contributed by atoms with Crippen LogP contribution in [-0.4, -0.2) is 16.9 Å². The molecule has 0 bridgehead atoms. The maximum absolute atomic E-state index is 13.4. The number of methoxy groups -OCH3 is 1. The molecule has 27 heavy (non-hydrogen) atoms. The standard InChI is InChI=1S/C22H17FN2O2/c1-26-19-9-11-21(12-10-19)27-20-7-5-16(6-8-20)22-13-14-25(24-22)18-4-2-3-17(23)15-18/h2-15H,1H3. The Morgan fingerprint density at radius 3 is 2.15 bits per heavy atom. The lowest BCUT2D eigenvalue weighted by atomic mass is 10.1. The van der Waals surface area contributed by atoms with Crippen molar-refractivity contribution in [3.8, 4) is 34.2 Å². The van der Waals surface area contributed by atoms with Crippen molar-refractivity contribution in [2.24, 2.45) is 0 Å². The zero-order chi connectivity index (χ0) is 18.6. The lowest BCUT2D eigenvalue weighted by Gasteiger charge is -2.07. The maximum atomic E-state index is 13.4. The quantitative estimate of drug-likeness (QED) is 0.473. The first-order valence-electron chi connectivity index (χ1n) is 8.45. The Balaban J connectivity index is 1.50. The summed E-state index contributed by atoms with van der Waals surface area (Å²) in [5.74, 6) is 1.96. The second kappa shape index (κ2) is 7.33. The van der Waals surface area contributed by atoms with Gasteiger partial charge >= 0.3 is 0 Å². The van der Waals surface area contributed by atoms with E-state index in [2.05, 4.69) is 5.10 Å². The fraction of sp³-hybridized carbons (Fsp3) is 0.0455. The van der Waals surface area contributed by atoms with Gasteiger partial charge in [0.2, 0.25) is 0 Å². The highest BCUT2D eigenvalue weighted by Gasteiger charge is 2.06. The summed E-state index contributed by atoms with van der Waals surface area (Å²) in [4.78, 5) is 0. The Kier molecular flexibility index (Phi) is 4.58. The topological polar surface area (TPSA) is 36.3 Å². The van der Waals surface area contributed by atoms with Crippen molar-refractivity contribution in [1.82, 2.24) is 9.78 Å². The van der Waals surface area contributed by atoms with Crippen LogP contribution >= 0.6 is 0 Å². The molecular formula is C22H17FN2O2. The van der Waals surface area contributed by atoms with E-state index >= 15 is 0 Å². The summed E-state index contributed by atoms with van der Waals surface area (Å²) >= 11 is 0. The van der Waals surface area contributed by atoms with Crippen LogP contribution in [0.3, 0.4) is 0 Å². The number of benzene rings is 3. The number of rotatable bonds is 5. The molecule has 0 radical (unpaired) electrons. The molecule has 0 atom stereocenters. The van der Waals surface area contributed by atoms with Gasteiger partial charge in [-0.3, -0.25) is 0 Å². The summed E-state index contributed by atoms with van der Waals surface area (Å²) in [7, 11) is 1.63. The van der Waals surface area contributed by atoms with Crippen molar-refractivity contribution in [3.05, 3.63) is 90.9 Å². The molecule has 0 saturated carbocycles. The van der Waals surface area contributed by atoms with Crippen LogP contribution in [0, 0.1) is 5.82 Å². The van der Waals surface area contributed by atoms with Gasteiger partial charge in [-0.15, -0.1) is 0 Å². The van der Waals surface area contributed by atoms with Crippen LogP contribution in [0.25, 0.3) is 16.9 Å². The third-order valence-electron chi connectivity index (χ3n) is 4.11. The summed E-state index contributed by atoms with van der Waals surface area (Å²) in [6, 6.07) is 23.3. The highest BCUT2D eigenvalue weighted by molar-refractivity contribution is 5.60. The second-order valence-electron chi connectivity index (χ2n) is 5.93. The molecule has 0 amide bonds. The van der Waals surface area contributed by atoms with Gasteiger partial charge in [-0.05, 0) is 72.8 Å². The second-order valence-corrected chi connectivity index (χ2v) is 5.93. The number of ether oxygens (including phenoxy) is 2. The van der Waals surface area contributed by atoms with E-state index in [9.17, 15) is 4.39 Å². The first-order valence-corrected chi connectivity index (χ1v) is 8.45. The summed E-state index contributed by atoms with van der Waals surface area (Å²) < 4.78 is 26.0. The van der Waals surface area contributed by atoms with Gasteiger partial charge in [0.1, 0.15) is 23.1 Å². The maximum Gasteiger partial charge on any atom is 0.127 e. The first kappa shape index (κ1) is 16.8. The van der Waals surface area contributed by atoms with E-state index in [-0.39, 0.29) is 5.82 Å². The van der Waals surface area contributed by atoms with E-state index in [1.54, 1.807) is 17.9 Å². The van der Waals surface area contributed by atoms with Gasteiger partial charge in [0, 0.05) is 11.8 Å². The molecular weight excluding hydrogens is 343 g/mol. The van der Waals surface area contributed by atoms with E-state index in [1.165, 1.54) is 12.1 Å². The average molecular weight is 360 g/mol. The summed E-state index contributed by atoms with van der Waals surface area (Å²) in [6.07, 6.45) is 1.81. The number of halogens is 1. The summed E-state index contributed by atoms with van der Waals surface area (Å²) in [6.45, 7) is 0. The predicted octanol–water partition coefficient (Wildman–Crippen LogP) is 5.48. The molecule has 0 aliphatic carbocycles. The minimum absolute atomic E-state index is 0.287. The van der Waals surface area contributed by atoms with Gasteiger partial charge in [0.05, 0.1) is 18.5 Å². The molecule has 134 valence electrons. The van der Waals surface area contributed by atoms with Crippen molar-refractivity contribution in [1.29, 1.82) is 0 Å². The number of hydrogen-bond donors (Lipinski definition) is 0. The monoisotopic (exact) mass is 360 g/mol. The Labute approximate surface area is 156 Å². The molecule has 3 aromatic carbocycles. The molecule has 0 fully saturated rings. The molecule has 0 N–H and O–H groups in total. The van der Waals surface area contributed by atoms with Crippen molar-refractivity contribution >= 4 is 0 Å². The van der Waals surface area contributed by atoms with Crippen molar-refractivity contribution < 1.29 is 13.9 Å². The molecule has 1 aromatic heterocycles. The van der Waals surface area contributed by atoms with Gasteiger partial charge in [-0.25, -0.2) is 9.07 Å². The van der Waals surface area contributed by atoms with Crippen LogP contribution in [0.15, 0.2) is 85.1 Å². The van der Waals surface area contributed by atoms with E-state index in [0.717, 1.165) is 28.5 Å². The lowest BCUT2D eigenvalue weighted by molar-refractivity contribution is 0.413.